The minimum atomic E-state index is -5.09. The van der Waals surface area contributed by atoms with E-state index in [0.29, 0.717) is 0 Å². The number of rotatable bonds is 2. The Hall–Kier alpha value is -1.78. The quantitative estimate of drug-likeness (QED) is 0.601. The van der Waals surface area contributed by atoms with E-state index >= 15 is 0 Å². The van der Waals surface area contributed by atoms with Crippen LogP contribution in [0.3, 0.4) is 0 Å². The normalized spacial score (nSPS) is 19.9. The van der Waals surface area contributed by atoms with Crippen LogP contribution in [0.25, 0.3) is 0 Å². The van der Waals surface area contributed by atoms with Crippen molar-refractivity contribution in [2.45, 2.75) is 29.8 Å². The zero-order valence-electron chi connectivity index (χ0n) is 11.5. The van der Waals surface area contributed by atoms with Gasteiger partial charge < -0.3 is 0 Å². The third-order valence-electron chi connectivity index (χ3n) is 3.19. The molecule has 0 radical (unpaired) electrons. The molecule has 1 unspecified atom stereocenters. The maximum Gasteiger partial charge on any atom is 0.500 e. The van der Waals surface area contributed by atoms with Crippen molar-refractivity contribution >= 4 is 15.5 Å². The van der Waals surface area contributed by atoms with Gasteiger partial charge in [-0.1, -0.05) is 12.1 Å². The summed E-state index contributed by atoms with van der Waals surface area (Å²) in [5.74, 6) is 0. The zero-order valence-corrected chi connectivity index (χ0v) is 12.3. The van der Waals surface area contributed by atoms with Crippen molar-refractivity contribution in [3.8, 4) is 0 Å². The summed E-state index contributed by atoms with van der Waals surface area (Å²) in [6.45, 7) is 0. The van der Waals surface area contributed by atoms with E-state index < -0.39 is 45.5 Å². The van der Waals surface area contributed by atoms with Gasteiger partial charge >= 0.3 is 12.5 Å². The largest absolute Gasteiger partial charge is 0.500 e. The molecular formula is C12H10F6N2O2S. The first kappa shape index (κ1) is 17.6. The molecule has 1 aliphatic rings. The maximum absolute atomic E-state index is 12.9. The lowest BCUT2D eigenvalue weighted by molar-refractivity contribution is -0.256. The molecule has 1 aliphatic heterocycles. The highest BCUT2D eigenvalue weighted by molar-refractivity contribution is 7.90. The Bertz CT molecular complexity index is 721. The molecule has 1 aromatic carbocycles. The highest BCUT2D eigenvalue weighted by Crippen LogP contribution is 2.42. The molecule has 0 amide bonds. The lowest BCUT2D eigenvalue weighted by atomic mass is 10.0. The standard InChI is InChI=1S/C12H10F6N2O2S/c1-23(21,22)8-4-2-7(3-5-8)9-6-10(11(13,14)15)19-20(9)12(16,17)18/h2-5,9H,6H2,1H3. The van der Waals surface area contributed by atoms with E-state index in [1.807, 2.05) is 0 Å². The molecule has 2 rings (SSSR count). The van der Waals surface area contributed by atoms with Gasteiger partial charge in [0.25, 0.3) is 0 Å². The van der Waals surface area contributed by atoms with Crippen LogP contribution in [0.4, 0.5) is 26.3 Å². The molecule has 0 saturated heterocycles. The Labute approximate surface area is 127 Å². The van der Waals surface area contributed by atoms with Gasteiger partial charge in [0.1, 0.15) is 5.71 Å². The number of nitrogens with zero attached hydrogens (tertiary/aromatic N) is 2. The van der Waals surface area contributed by atoms with Crippen molar-refractivity contribution in [1.82, 2.24) is 5.01 Å². The van der Waals surface area contributed by atoms with Crippen LogP contribution < -0.4 is 0 Å². The Kier molecular flexibility index (Phi) is 4.12. The molecule has 23 heavy (non-hydrogen) atoms. The molecule has 1 aromatic rings. The van der Waals surface area contributed by atoms with E-state index in [4.69, 9.17) is 0 Å². The van der Waals surface area contributed by atoms with Crippen LogP contribution in [0.5, 0.6) is 0 Å². The van der Waals surface area contributed by atoms with Gasteiger partial charge in [0.2, 0.25) is 0 Å². The van der Waals surface area contributed by atoms with E-state index in [9.17, 15) is 34.8 Å². The summed E-state index contributed by atoms with van der Waals surface area (Å²) < 4.78 is 99.2. The number of hydrazone groups is 1. The predicted molar refractivity (Wildman–Crippen MR) is 68.3 cm³/mol. The first-order valence-corrected chi connectivity index (χ1v) is 8.00. The van der Waals surface area contributed by atoms with Gasteiger partial charge in [-0.05, 0) is 17.7 Å². The molecule has 0 spiro atoms. The molecule has 1 heterocycles. The minimum Gasteiger partial charge on any atom is -0.224 e. The van der Waals surface area contributed by atoms with Crippen LogP contribution in [0, 0.1) is 0 Å². The molecule has 128 valence electrons. The lowest BCUT2D eigenvalue weighted by Crippen LogP contribution is -2.34. The van der Waals surface area contributed by atoms with Crippen molar-refractivity contribution in [1.29, 1.82) is 0 Å². The number of halogens is 6. The molecule has 0 saturated carbocycles. The summed E-state index contributed by atoms with van der Waals surface area (Å²) in [7, 11) is -3.56. The van der Waals surface area contributed by atoms with Gasteiger partial charge in [-0.3, -0.25) is 0 Å². The molecule has 0 N–H and O–H groups in total. The summed E-state index contributed by atoms with van der Waals surface area (Å²) >= 11 is 0. The Morgan fingerprint density at radius 2 is 1.61 bits per heavy atom. The van der Waals surface area contributed by atoms with Gasteiger partial charge in [0.05, 0.1) is 10.9 Å². The van der Waals surface area contributed by atoms with Crippen LogP contribution in [0.2, 0.25) is 0 Å². The first-order chi connectivity index (χ1) is 10.3. The summed E-state index contributed by atoms with van der Waals surface area (Å²) in [6.07, 6.45) is -10.1. The zero-order chi connectivity index (χ0) is 17.6. The molecule has 4 nitrogen and oxygen atoms in total. The Balaban J connectivity index is 2.38. The number of benzene rings is 1. The van der Waals surface area contributed by atoms with E-state index in [-0.39, 0.29) is 10.5 Å². The van der Waals surface area contributed by atoms with Crippen LogP contribution in [-0.4, -0.2) is 37.9 Å². The molecule has 0 fully saturated rings. The average molecular weight is 360 g/mol. The molecule has 0 bridgehead atoms. The van der Waals surface area contributed by atoms with Crippen molar-refractivity contribution in [2.75, 3.05) is 6.26 Å². The van der Waals surface area contributed by atoms with E-state index in [0.717, 1.165) is 30.5 Å². The van der Waals surface area contributed by atoms with E-state index in [2.05, 4.69) is 5.10 Å². The van der Waals surface area contributed by atoms with Gasteiger partial charge in [-0.25, -0.2) is 8.42 Å². The van der Waals surface area contributed by atoms with Crippen molar-refractivity contribution < 1.29 is 34.8 Å². The SMILES string of the molecule is CS(=O)(=O)c1ccc(C2CC(C(F)(F)F)=NN2C(F)(F)F)cc1. The van der Waals surface area contributed by atoms with E-state index in [1.54, 1.807) is 0 Å². The van der Waals surface area contributed by atoms with Gasteiger partial charge in [-0.2, -0.15) is 23.3 Å². The van der Waals surface area contributed by atoms with Crippen molar-refractivity contribution in [2.24, 2.45) is 5.10 Å². The number of hydrogen-bond donors (Lipinski definition) is 0. The third-order valence-corrected chi connectivity index (χ3v) is 4.32. The van der Waals surface area contributed by atoms with Crippen molar-refractivity contribution in [3.05, 3.63) is 29.8 Å². The summed E-state index contributed by atoms with van der Waals surface area (Å²) in [5.41, 5.74) is -1.65. The number of alkyl halides is 6. The minimum absolute atomic E-state index is 0.113. The third kappa shape index (κ3) is 3.77. The summed E-state index contributed by atoms with van der Waals surface area (Å²) in [4.78, 5) is -0.144. The number of sulfone groups is 1. The Morgan fingerprint density at radius 1 is 1.09 bits per heavy atom. The second-order valence-corrected chi connectivity index (χ2v) is 6.93. The van der Waals surface area contributed by atoms with Crippen molar-refractivity contribution in [3.63, 3.8) is 0 Å². The lowest BCUT2D eigenvalue weighted by Gasteiger charge is -2.25. The monoisotopic (exact) mass is 360 g/mol. The van der Waals surface area contributed by atoms with E-state index in [1.165, 1.54) is 0 Å². The fourth-order valence-corrected chi connectivity index (χ4v) is 2.74. The van der Waals surface area contributed by atoms with Crippen LogP contribution in [0.1, 0.15) is 18.0 Å². The Morgan fingerprint density at radius 3 is 2.00 bits per heavy atom. The first-order valence-electron chi connectivity index (χ1n) is 6.11. The summed E-state index contributed by atoms with van der Waals surface area (Å²) in [5, 5.41) is 2.08. The molecule has 0 aliphatic carbocycles. The fraction of sp³-hybridized carbons (Fsp3) is 0.417. The topological polar surface area (TPSA) is 49.7 Å². The van der Waals surface area contributed by atoms with Crippen LogP contribution in [0.15, 0.2) is 34.3 Å². The van der Waals surface area contributed by atoms with Gasteiger partial charge in [0.15, 0.2) is 9.84 Å². The molecule has 11 heteroatoms. The average Bonchev–Trinajstić information content (AvgIpc) is 2.82. The highest BCUT2D eigenvalue weighted by Gasteiger charge is 2.51. The second-order valence-electron chi connectivity index (χ2n) is 4.92. The molecule has 0 aromatic heterocycles. The molecular weight excluding hydrogens is 350 g/mol. The predicted octanol–water partition coefficient (Wildman–Crippen LogP) is 3.28. The molecule has 1 atom stereocenters. The van der Waals surface area contributed by atoms with Gasteiger partial charge in [-0.15, -0.1) is 13.2 Å². The van der Waals surface area contributed by atoms with Crippen LogP contribution in [-0.2, 0) is 9.84 Å². The van der Waals surface area contributed by atoms with Gasteiger partial charge in [0, 0.05) is 12.7 Å². The second kappa shape index (κ2) is 5.39. The van der Waals surface area contributed by atoms with Crippen LogP contribution >= 0.6 is 0 Å². The highest BCUT2D eigenvalue weighted by atomic mass is 32.2. The number of hydrogen-bond acceptors (Lipinski definition) is 4. The smallest absolute Gasteiger partial charge is 0.224 e. The summed E-state index contributed by atoms with van der Waals surface area (Å²) in [6, 6.07) is 2.50. The maximum atomic E-state index is 12.9. The fourth-order valence-electron chi connectivity index (χ4n) is 2.11.